The molecule has 12 heteroatoms. The maximum absolute atomic E-state index is 13.3. The minimum Gasteiger partial charge on any atom is -0.481 e. The molecule has 0 saturated carbocycles. The van der Waals surface area contributed by atoms with Gasteiger partial charge >= 0.3 is 11.9 Å². The second-order valence-electron chi connectivity index (χ2n) is 9.16. The third kappa shape index (κ3) is 8.14. The molecule has 1 heterocycles. The molecule has 3 aromatic rings. The number of amides is 3. The molecular weight excluding hydrogens is 506 g/mol. The molecule has 1 aromatic heterocycles. The standard InChI is InChI=1S/C27H31N5O7/c1-15(28)24(35)30-21(13-23(33)34)26(37)31-20(11-16-7-3-2-4-8-16)25(36)32-22(27(38)39)12-17-14-29-19-10-6-5-9-18(17)19/h2-10,14-15,20-22,29H,11-13,28H2,1H3,(H,30,35)(H,31,37)(H,32,36)(H,33,34)(H,38,39). The molecule has 12 nitrogen and oxygen atoms in total. The molecule has 2 aromatic carbocycles. The summed E-state index contributed by atoms with van der Waals surface area (Å²) in [6, 6.07) is 10.9. The van der Waals surface area contributed by atoms with Crippen molar-refractivity contribution in [2.45, 2.75) is 50.4 Å². The highest BCUT2D eigenvalue weighted by molar-refractivity contribution is 5.96. The summed E-state index contributed by atoms with van der Waals surface area (Å²) in [5, 5.41) is 27.1. The van der Waals surface area contributed by atoms with Gasteiger partial charge in [0, 0.05) is 29.9 Å². The summed E-state index contributed by atoms with van der Waals surface area (Å²) in [7, 11) is 0. The number of H-pyrrole nitrogens is 1. The highest BCUT2D eigenvalue weighted by Crippen LogP contribution is 2.19. The summed E-state index contributed by atoms with van der Waals surface area (Å²) in [6.07, 6.45) is 0.887. The third-order valence-corrected chi connectivity index (χ3v) is 6.05. The second kappa shape index (κ2) is 13.2. The van der Waals surface area contributed by atoms with Crippen LogP contribution >= 0.6 is 0 Å². The van der Waals surface area contributed by atoms with Crippen molar-refractivity contribution >= 4 is 40.6 Å². The van der Waals surface area contributed by atoms with E-state index in [1.807, 2.05) is 24.3 Å². The monoisotopic (exact) mass is 537 g/mol. The number of carboxylic acid groups (broad SMARTS) is 2. The lowest BCUT2D eigenvalue weighted by molar-refractivity contribution is -0.143. The van der Waals surface area contributed by atoms with Crippen molar-refractivity contribution in [3.8, 4) is 0 Å². The highest BCUT2D eigenvalue weighted by Gasteiger charge is 2.31. The number of benzene rings is 2. The lowest BCUT2D eigenvalue weighted by atomic mass is 10.0. The van der Waals surface area contributed by atoms with Gasteiger partial charge in [0.15, 0.2) is 0 Å². The van der Waals surface area contributed by atoms with Crippen LogP contribution in [0.15, 0.2) is 60.8 Å². The van der Waals surface area contributed by atoms with Crippen LogP contribution in [0.3, 0.4) is 0 Å². The first kappa shape index (κ1) is 28.9. The molecule has 4 unspecified atom stereocenters. The molecule has 0 spiro atoms. The minimum atomic E-state index is -1.51. The number of hydrogen-bond donors (Lipinski definition) is 7. The van der Waals surface area contributed by atoms with Crippen molar-refractivity contribution in [1.82, 2.24) is 20.9 Å². The Bertz CT molecular complexity index is 1340. The van der Waals surface area contributed by atoms with Crippen molar-refractivity contribution in [1.29, 1.82) is 0 Å². The van der Waals surface area contributed by atoms with Gasteiger partial charge in [-0.25, -0.2) is 4.79 Å². The molecule has 0 bridgehead atoms. The van der Waals surface area contributed by atoms with Crippen LogP contribution in [0, 0.1) is 0 Å². The fourth-order valence-corrected chi connectivity index (χ4v) is 4.01. The lowest BCUT2D eigenvalue weighted by Crippen LogP contribution is -2.58. The van der Waals surface area contributed by atoms with Crippen LogP contribution in [-0.2, 0) is 36.8 Å². The maximum atomic E-state index is 13.3. The number of hydrogen-bond acceptors (Lipinski definition) is 6. The zero-order valence-corrected chi connectivity index (χ0v) is 21.2. The number of rotatable bonds is 13. The Balaban J connectivity index is 1.82. The van der Waals surface area contributed by atoms with Crippen molar-refractivity contribution < 1.29 is 34.2 Å². The van der Waals surface area contributed by atoms with Crippen LogP contribution in [-0.4, -0.2) is 69.0 Å². The molecule has 0 radical (unpaired) electrons. The smallest absolute Gasteiger partial charge is 0.326 e. The Morgan fingerprint density at radius 2 is 1.38 bits per heavy atom. The zero-order valence-electron chi connectivity index (χ0n) is 21.2. The molecule has 0 aliphatic heterocycles. The number of fused-ring (bicyclic) bond motifs is 1. The zero-order chi connectivity index (χ0) is 28.5. The van der Waals surface area contributed by atoms with Crippen LogP contribution in [0.1, 0.15) is 24.5 Å². The molecule has 0 aliphatic carbocycles. The van der Waals surface area contributed by atoms with Crippen LogP contribution < -0.4 is 21.7 Å². The predicted molar refractivity (Wildman–Crippen MR) is 141 cm³/mol. The topological polar surface area (TPSA) is 204 Å². The molecule has 3 rings (SSSR count). The second-order valence-corrected chi connectivity index (χ2v) is 9.16. The van der Waals surface area contributed by atoms with Gasteiger partial charge in [0.05, 0.1) is 12.5 Å². The third-order valence-electron chi connectivity index (χ3n) is 6.05. The van der Waals surface area contributed by atoms with E-state index < -0.39 is 60.2 Å². The predicted octanol–water partition coefficient (Wildman–Crippen LogP) is 0.314. The van der Waals surface area contributed by atoms with Crippen LogP contribution in [0.4, 0.5) is 0 Å². The molecule has 4 atom stereocenters. The summed E-state index contributed by atoms with van der Waals surface area (Å²) >= 11 is 0. The molecule has 206 valence electrons. The van der Waals surface area contributed by atoms with E-state index in [1.165, 1.54) is 6.92 Å². The number of para-hydroxylation sites is 1. The molecule has 0 saturated heterocycles. The molecule has 0 fully saturated rings. The molecule has 0 aliphatic rings. The largest absolute Gasteiger partial charge is 0.481 e. The SMILES string of the molecule is CC(N)C(=O)NC(CC(=O)O)C(=O)NC(Cc1ccccc1)C(=O)NC(Cc1c[nH]c2ccccc12)C(=O)O. The van der Waals surface area contributed by atoms with Gasteiger partial charge in [0.2, 0.25) is 17.7 Å². The van der Waals surface area contributed by atoms with Gasteiger partial charge in [0.1, 0.15) is 18.1 Å². The Hall–Kier alpha value is -4.71. The van der Waals surface area contributed by atoms with Crippen molar-refractivity contribution in [3.05, 3.63) is 71.9 Å². The average Bonchev–Trinajstić information content (AvgIpc) is 3.30. The first-order valence-corrected chi connectivity index (χ1v) is 12.3. The summed E-state index contributed by atoms with van der Waals surface area (Å²) in [6.45, 7) is 1.37. The molecular formula is C27H31N5O7. The first-order valence-electron chi connectivity index (χ1n) is 12.3. The number of nitrogens with one attached hydrogen (secondary N) is 4. The number of aromatic nitrogens is 1. The Morgan fingerprint density at radius 3 is 2.03 bits per heavy atom. The van der Waals surface area contributed by atoms with Gasteiger partial charge in [-0.15, -0.1) is 0 Å². The van der Waals surface area contributed by atoms with E-state index >= 15 is 0 Å². The highest BCUT2D eigenvalue weighted by atomic mass is 16.4. The fraction of sp³-hybridized carbons (Fsp3) is 0.296. The molecule has 8 N–H and O–H groups in total. The lowest BCUT2D eigenvalue weighted by Gasteiger charge is -2.24. The van der Waals surface area contributed by atoms with E-state index in [0.29, 0.717) is 11.1 Å². The van der Waals surface area contributed by atoms with Gasteiger partial charge < -0.3 is 36.9 Å². The Labute approximate surface area is 224 Å². The van der Waals surface area contributed by atoms with Crippen molar-refractivity contribution in [2.24, 2.45) is 5.73 Å². The van der Waals surface area contributed by atoms with E-state index in [0.717, 1.165) is 10.9 Å². The fourth-order valence-electron chi connectivity index (χ4n) is 4.01. The number of carbonyl (C=O) groups excluding carboxylic acids is 3. The number of carbonyl (C=O) groups is 5. The van der Waals surface area contributed by atoms with E-state index in [4.69, 9.17) is 5.73 Å². The van der Waals surface area contributed by atoms with E-state index in [2.05, 4.69) is 20.9 Å². The molecule has 39 heavy (non-hydrogen) atoms. The van der Waals surface area contributed by atoms with E-state index in [-0.39, 0.29) is 12.8 Å². The van der Waals surface area contributed by atoms with Crippen molar-refractivity contribution in [2.75, 3.05) is 0 Å². The Morgan fingerprint density at radius 1 is 0.795 bits per heavy atom. The maximum Gasteiger partial charge on any atom is 0.326 e. The normalized spacial score (nSPS) is 14.0. The van der Waals surface area contributed by atoms with Gasteiger partial charge in [-0.2, -0.15) is 0 Å². The van der Waals surface area contributed by atoms with Gasteiger partial charge in [-0.1, -0.05) is 48.5 Å². The number of aromatic amines is 1. The van der Waals surface area contributed by atoms with E-state index in [9.17, 15) is 34.2 Å². The minimum absolute atomic E-state index is 0.0150. The van der Waals surface area contributed by atoms with Gasteiger partial charge in [-0.3, -0.25) is 19.2 Å². The van der Waals surface area contributed by atoms with Crippen LogP contribution in [0.25, 0.3) is 10.9 Å². The number of aliphatic carboxylic acids is 2. The Kier molecular flexibility index (Phi) is 9.76. The first-order chi connectivity index (χ1) is 18.5. The average molecular weight is 538 g/mol. The molecule has 3 amide bonds. The summed E-state index contributed by atoms with van der Waals surface area (Å²) in [5.41, 5.74) is 7.69. The van der Waals surface area contributed by atoms with Crippen LogP contribution in [0.5, 0.6) is 0 Å². The van der Waals surface area contributed by atoms with Gasteiger partial charge in [-0.05, 0) is 24.1 Å². The van der Waals surface area contributed by atoms with Crippen molar-refractivity contribution in [3.63, 3.8) is 0 Å². The summed E-state index contributed by atoms with van der Waals surface area (Å²) in [5.74, 6) is -5.08. The number of nitrogens with two attached hydrogens (primary N) is 1. The summed E-state index contributed by atoms with van der Waals surface area (Å²) in [4.78, 5) is 64.9. The van der Waals surface area contributed by atoms with E-state index in [1.54, 1.807) is 36.5 Å². The van der Waals surface area contributed by atoms with Gasteiger partial charge in [0.25, 0.3) is 0 Å². The summed E-state index contributed by atoms with van der Waals surface area (Å²) < 4.78 is 0. The van der Waals surface area contributed by atoms with Crippen LogP contribution in [0.2, 0.25) is 0 Å². The number of carboxylic acids is 2. The quantitative estimate of drug-likeness (QED) is 0.161.